The van der Waals surface area contributed by atoms with Crippen LogP contribution >= 0.6 is 0 Å². The highest BCUT2D eigenvalue weighted by molar-refractivity contribution is 5.97. The number of carbonyl (C=O) groups is 2. The van der Waals surface area contributed by atoms with Gasteiger partial charge >= 0.3 is 0 Å². The number of hydrogen-bond donors (Lipinski definition) is 1. The number of fused-ring (bicyclic) bond motifs is 1. The summed E-state index contributed by atoms with van der Waals surface area (Å²) in [4.78, 5) is 33.4. The highest BCUT2D eigenvalue weighted by atomic mass is 16.5. The molecule has 0 radical (unpaired) electrons. The van der Waals surface area contributed by atoms with Gasteiger partial charge < -0.3 is 24.6 Å². The maximum Gasteiger partial charge on any atom is 0.227 e. The van der Waals surface area contributed by atoms with Crippen LogP contribution < -0.4 is 19.9 Å². The Hall–Kier alpha value is -3.13. The lowest BCUT2D eigenvalue weighted by Crippen LogP contribution is -2.38. The fourth-order valence-electron chi connectivity index (χ4n) is 3.69. The molecule has 0 spiro atoms. The quantitative estimate of drug-likeness (QED) is 0.781. The molecule has 1 saturated heterocycles. The van der Waals surface area contributed by atoms with Gasteiger partial charge in [-0.05, 0) is 18.2 Å². The number of nitrogens with zero attached hydrogens (tertiary/aromatic N) is 3. The molecule has 2 aliphatic rings. The van der Waals surface area contributed by atoms with Gasteiger partial charge in [0.15, 0.2) is 0 Å². The van der Waals surface area contributed by atoms with Gasteiger partial charge in [-0.25, -0.2) is 4.98 Å². The number of ether oxygens (including phenoxy) is 2. The van der Waals surface area contributed by atoms with Crippen molar-refractivity contribution in [3.63, 3.8) is 0 Å². The molecule has 30 heavy (non-hydrogen) atoms. The van der Waals surface area contributed by atoms with Crippen LogP contribution in [0.4, 0.5) is 11.5 Å². The number of para-hydroxylation sites is 2. The molecule has 2 aromatic rings. The number of pyridine rings is 1. The number of nitrogens with one attached hydrogen (secondary N) is 1. The number of morpholine rings is 1. The summed E-state index contributed by atoms with van der Waals surface area (Å²) in [5.74, 6) is 1.36. The highest BCUT2D eigenvalue weighted by Gasteiger charge is 2.23. The van der Waals surface area contributed by atoms with Gasteiger partial charge in [0.05, 0.1) is 25.4 Å². The van der Waals surface area contributed by atoms with Crippen molar-refractivity contribution in [3.8, 4) is 5.75 Å². The van der Waals surface area contributed by atoms with Gasteiger partial charge in [-0.1, -0.05) is 18.2 Å². The molecule has 2 aliphatic heterocycles. The van der Waals surface area contributed by atoms with E-state index in [9.17, 15) is 9.59 Å². The minimum absolute atomic E-state index is 0.0729. The third-order valence-corrected chi connectivity index (χ3v) is 5.25. The molecule has 8 nitrogen and oxygen atoms in total. The van der Waals surface area contributed by atoms with Crippen molar-refractivity contribution >= 4 is 23.3 Å². The molecule has 1 aromatic heterocycles. The van der Waals surface area contributed by atoms with Gasteiger partial charge in [0.25, 0.3) is 0 Å². The molecule has 1 aromatic carbocycles. The Kier molecular flexibility index (Phi) is 6.44. The van der Waals surface area contributed by atoms with Crippen molar-refractivity contribution in [3.05, 3.63) is 48.2 Å². The molecular weight excluding hydrogens is 384 g/mol. The van der Waals surface area contributed by atoms with Gasteiger partial charge in [0.1, 0.15) is 18.2 Å². The molecule has 4 rings (SSSR count). The van der Waals surface area contributed by atoms with Crippen LogP contribution in [0.25, 0.3) is 0 Å². The van der Waals surface area contributed by atoms with Gasteiger partial charge in [0, 0.05) is 44.2 Å². The number of benzene rings is 1. The zero-order valence-corrected chi connectivity index (χ0v) is 16.9. The van der Waals surface area contributed by atoms with Crippen LogP contribution in [0.5, 0.6) is 5.75 Å². The first kappa shape index (κ1) is 20.2. The summed E-state index contributed by atoms with van der Waals surface area (Å²) in [5.41, 5.74) is 1.72. The fourth-order valence-corrected chi connectivity index (χ4v) is 3.69. The first-order chi connectivity index (χ1) is 14.7. The van der Waals surface area contributed by atoms with E-state index in [2.05, 4.69) is 15.2 Å². The minimum atomic E-state index is -0.151. The van der Waals surface area contributed by atoms with Crippen LogP contribution in [0, 0.1) is 0 Å². The van der Waals surface area contributed by atoms with Crippen LogP contribution in [0.3, 0.4) is 0 Å². The van der Waals surface area contributed by atoms with Crippen molar-refractivity contribution in [2.45, 2.75) is 19.4 Å². The third kappa shape index (κ3) is 4.71. The largest absolute Gasteiger partial charge is 0.490 e. The second-order valence-corrected chi connectivity index (χ2v) is 7.22. The topological polar surface area (TPSA) is 84.0 Å². The maximum atomic E-state index is 12.7. The normalized spacial score (nSPS) is 15.9. The summed E-state index contributed by atoms with van der Waals surface area (Å²) >= 11 is 0. The molecule has 158 valence electrons. The van der Waals surface area contributed by atoms with Gasteiger partial charge in [-0.15, -0.1) is 0 Å². The van der Waals surface area contributed by atoms with Gasteiger partial charge in [-0.2, -0.15) is 0 Å². The van der Waals surface area contributed by atoms with E-state index in [4.69, 9.17) is 9.47 Å². The standard InChI is InChI=1S/C22H26N4O4/c27-20(7-8-21(28)26-12-15-30-19-6-2-1-5-18(19)26)24-16-17-4-3-9-23-22(17)25-10-13-29-14-11-25/h1-6,9H,7-8,10-16H2,(H,24,27). The van der Waals surface area contributed by atoms with Crippen LogP contribution in [0.15, 0.2) is 42.6 Å². The number of hydrogen-bond acceptors (Lipinski definition) is 6. The lowest BCUT2D eigenvalue weighted by atomic mass is 10.2. The van der Waals surface area contributed by atoms with E-state index < -0.39 is 0 Å². The van der Waals surface area contributed by atoms with Crippen molar-refractivity contribution in [2.24, 2.45) is 0 Å². The molecule has 0 bridgehead atoms. The smallest absolute Gasteiger partial charge is 0.227 e. The number of anilines is 2. The van der Waals surface area contributed by atoms with Crippen LogP contribution in [-0.4, -0.2) is 56.3 Å². The van der Waals surface area contributed by atoms with Crippen LogP contribution in [-0.2, 0) is 20.9 Å². The molecule has 8 heteroatoms. The van der Waals surface area contributed by atoms with Crippen molar-refractivity contribution in [2.75, 3.05) is 49.3 Å². The summed E-state index contributed by atoms with van der Waals surface area (Å²) < 4.78 is 11.0. The van der Waals surface area contributed by atoms with Gasteiger partial charge in [-0.3, -0.25) is 9.59 Å². The predicted octanol–water partition coefficient (Wildman–Crippen LogP) is 1.74. The second kappa shape index (κ2) is 9.58. The Balaban J connectivity index is 1.30. The zero-order chi connectivity index (χ0) is 20.8. The lowest BCUT2D eigenvalue weighted by molar-refractivity contribution is -0.125. The van der Waals surface area contributed by atoms with E-state index in [-0.39, 0.29) is 24.7 Å². The molecular formula is C22H26N4O4. The molecule has 0 atom stereocenters. The van der Waals surface area contributed by atoms with E-state index >= 15 is 0 Å². The predicted molar refractivity (Wildman–Crippen MR) is 113 cm³/mol. The molecule has 1 fully saturated rings. The van der Waals surface area contributed by atoms with Crippen molar-refractivity contribution < 1.29 is 19.1 Å². The van der Waals surface area contributed by atoms with Crippen molar-refractivity contribution in [1.29, 1.82) is 0 Å². The SMILES string of the molecule is O=C(CCC(=O)N1CCOc2ccccc21)NCc1cccnc1N1CCOCC1. The zero-order valence-electron chi connectivity index (χ0n) is 16.9. The van der Waals surface area contributed by atoms with Crippen LogP contribution in [0.2, 0.25) is 0 Å². The molecule has 3 heterocycles. The first-order valence-corrected chi connectivity index (χ1v) is 10.3. The van der Waals surface area contributed by atoms with Crippen molar-refractivity contribution in [1.82, 2.24) is 10.3 Å². The molecule has 0 unspecified atom stereocenters. The van der Waals surface area contributed by atoms with E-state index in [1.54, 1.807) is 11.1 Å². The monoisotopic (exact) mass is 410 g/mol. The summed E-state index contributed by atoms with van der Waals surface area (Å²) in [6.07, 6.45) is 2.06. The molecule has 0 saturated carbocycles. The Bertz CT molecular complexity index is 898. The Labute approximate surface area is 175 Å². The summed E-state index contributed by atoms with van der Waals surface area (Å²) in [6, 6.07) is 11.3. The summed E-state index contributed by atoms with van der Waals surface area (Å²) in [5, 5.41) is 2.92. The van der Waals surface area contributed by atoms with Crippen LogP contribution in [0.1, 0.15) is 18.4 Å². The summed E-state index contributed by atoms with van der Waals surface area (Å²) in [6.45, 7) is 4.26. The Morgan fingerprint density at radius 2 is 1.83 bits per heavy atom. The first-order valence-electron chi connectivity index (χ1n) is 10.3. The second-order valence-electron chi connectivity index (χ2n) is 7.22. The molecule has 0 aliphatic carbocycles. The van der Waals surface area contributed by atoms with E-state index in [0.29, 0.717) is 38.7 Å². The van der Waals surface area contributed by atoms with Gasteiger partial charge in [0.2, 0.25) is 11.8 Å². The molecule has 2 amide bonds. The number of amides is 2. The fraction of sp³-hybridized carbons (Fsp3) is 0.409. The number of carbonyl (C=O) groups excluding carboxylic acids is 2. The highest BCUT2D eigenvalue weighted by Crippen LogP contribution is 2.31. The van der Waals surface area contributed by atoms with E-state index in [1.807, 2.05) is 36.4 Å². The van der Waals surface area contributed by atoms with E-state index in [1.165, 1.54) is 0 Å². The third-order valence-electron chi connectivity index (χ3n) is 5.25. The molecule has 1 N–H and O–H groups in total. The number of rotatable bonds is 6. The minimum Gasteiger partial charge on any atom is -0.490 e. The van der Waals surface area contributed by atoms with E-state index in [0.717, 1.165) is 30.2 Å². The Morgan fingerprint density at radius 3 is 2.70 bits per heavy atom. The lowest BCUT2D eigenvalue weighted by Gasteiger charge is -2.29. The Morgan fingerprint density at radius 1 is 1.00 bits per heavy atom. The average Bonchev–Trinajstić information content (AvgIpc) is 2.81. The maximum absolute atomic E-state index is 12.7. The summed E-state index contributed by atoms with van der Waals surface area (Å²) in [7, 11) is 0. The average molecular weight is 410 g/mol. The number of aromatic nitrogens is 1.